The van der Waals surface area contributed by atoms with Crippen molar-refractivity contribution in [2.75, 3.05) is 0 Å². The van der Waals surface area contributed by atoms with E-state index in [1.165, 1.54) is 12.1 Å². The first-order chi connectivity index (χ1) is 8.82. The normalized spacial score (nSPS) is 14.0. The van der Waals surface area contributed by atoms with Crippen LogP contribution in [-0.4, -0.2) is 15.6 Å². The number of aryl methyl sites for hydroxylation is 1. The second-order valence-corrected chi connectivity index (χ2v) is 6.08. The first-order valence-electron chi connectivity index (χ1n) is 6.73. The van der Waals surface area contributed by atoms with E-state index in [4.69, 9.17) is 5.73 Å². The van der Waals surface area contributed by atoms with E-state index < -0.39 is 0 Å². The van der Waals surface area contributed by atoms with E-state index in [0.29, 0.717) is 6.42 Å². The van der Waals surface area contributed by atoms with Crippen molar-refractivity contribution < 1.29 is 4.39 Å². The summed E-state index contributed by atoms with van der Waals surface area (Å²) >= 11 is 0. The largest absolute Gasteiger partial charge is 0.328 e. The second kappa shape index (κ2) is 4.93. The number of benzene rings is 1. The zero-order valence-electron chi connectivity index (χ0n) is 12.1. The number of imidazole rings is 1. The lowest BCUT2D eigenvalue weighted by molar-refractivity contribution is 0.313. The van der Waals surface area contributed by atoms with Gasteiger partial charge in [0.1, 0.15) is 11.6 Å². The van der Waals surface area contributed by atoms with E-state index in [1.807, 2.05) is 11.5 Å². The molecule has 0 bridgehead atoms. The van der Waals surface area contributed by atoms with Crippen LogP contribution in [0.15, 0.2) is 18.2 Å². The summed E-state index contributed by atoms with van der Waals surface area (Å²) in [7, 11) is 0. The van der Waals surface area contributed by atoms with Gasteiger partial charge in [-0.05, 0) is 30.5 Å². The molecule has 2 aromatic rings. The Labute approximate surface area is 113 Å². The molecular formula is C15H22FN3. The van der Waals surface area contributed by atoms with E-state index in [9.17, 15) is 4.39 Å². The zero-order valence-corrected chi connectivity index (χ0v) is 12.1. The van der Waals surface area contributed by atoms with Crippen molar-refractivity contribution in [2.24, 2.45) is 11.1 Å². The van der Waals surface area contributed by atoms with Crippen LogP contribution in [0.4, 0.5) is 4.39 Å². The number of rotatable bonds is 3. The molecule has 0 aliphatic carbocycles. The molecule has 1 atom stereocenters. The summed E-state index contributed by atoms with van der Waals surface area (Å²) in [4.78, 5) is 4.59. The third kappa shape index (κ3) is 2.78. The predicted octanol–water partition coefficient (Wildman–Crippen LogP) is 3.11. The number of nitrogens with zero attached hydrogens (tertiary/aromatic N) is 2. The Morgan fingerprint density at radius 3 is 2.63 bits per heavy atom. The summed E-state index contributed by atoms with van der Waals surface area (Å²) < 4.78 is 15.4. The molecule has 1 heterocycles. The lowest BCUT2D eigenvalue weighted by atomic mass is 9.85. The Bertz CT molecular complexity index is 581. The summed E-state index contributed by atoms with van der Waals surface area (Å²) in [5.74, 6) is 0.708. The molecule has 0 aliphatic rings. The van der Waals surface area contributed by atoms with Gasteiger partial charge >= 0.3 is 0 Å². The van der Waals surface area contributed by atoms with Crippen LogP contribution in [-0.2, 0) is 13.0 Å². The second-order valence-electron chi connectivity index (χ2n) is 6.08. The van der Waals surface area contributed by atoms with E-state index in [1.54, 1.807) is 6.07 Å². The van der Waals surface area contributed by atoms with Crippen LogP contribution in [0.3, 0.4) is 0 Å². The molecule has 104 valence electrons. The van der Waals surface area contributed by atoms with Gasteiger partial charge in [0.25, 0.3) is 0 Å². The van der Waals surface area contributed by atoms with Gasteiger partial charge in [-0.3, -0.25) is 0 Å². The quantitative estimate of drug-likeness (QED) is 0.924. The molecule has 1 aromatic carbocycles. The van der Waals surface area contributed by atoms with Crippen LogP contribution in [0.5, 0.6) is 0 Å². The van der Waals surface area contributed by atoms with Gasteiger partial charge in [-0.2, -0.15) is 0 Å². The molecule has 2 N–H and O–H groups in total. The average molecular weight is 263 g/mol. The third-order valence-corrected chi connectivity index (χ3v) is 3.62. The molecule has 1 unspecified atom stereocenters. The van der Waals surface area contributed by atoms with Crippen LogP contribution in [0, 0.1) is 11.2 Å². The Morgan fingerprint density at radius 1 is 1.37 bits per heavy atom. The molecular weight excluding hydrogens is 241 g/mol. The molecule has 4 heteroatoms. The van der Waals surface area contributed by atoms with Gasteiger partial charge < -0.3 is 10.3 Å². The van der Waals surface area contributed by atoms with Crippen molar-refractivity contribution >= 4 is 11.0 Å². The van der Waals surface area contributed by atoms with E-state index in [-0.39, 0.29) is 17.3 Å². The monoisotopic (exact) mass is 263 g/mol. The fraction of sp³-hybridized carbons (Fsp3) is 0.533. The van der Waals surface area contributed by atoms with Crippen LogP contribution >= 0.6 is 0 Å². The molecule has 0 saturated heterocycles. The molecule has 0 aliphatic heterocycles. The van der Waals surface area contributed by atoms with Crippen molar-refractivity contribution in [3.8, 4) is 0 Å². The van der Waals surface area contributed by atoms with Crippen molar-refractivity contribution in [1.29, 1.82) is 0 Å². The summed E-state index contributed by atoms with van der Waals surface area (Å²) in [6.45, 7) is 9.17. The highest BCUT2D eigenvalue weighted by Gasteiger charge is 2.23. The predicted molar refractivity (Wildman–Crippen MR) is 76.5 cm³/mol. The lowest BCUT2D eigenvalue weighted by Crippen LogP contribution is -2.37. The SMILES string of the molecule is CCn1c(CC(N)C(C)(C)C)nc2ccc(F)cc21. The number of hydrogen-bond donors (Lipinski definition) is 1. The van der Waals surface area contributed by atoms with Crippen LogP contribution in [0.25, 0.3) is 11.0 Å². The first-order valence-corrected chi connectivity index (χ1v) is 6.73. The zero-order chi connectivity index (χ0) is 14.2. The number of halogens is 1. The summed E-state index contributed by atoms with van der Waals surface area (Å²) in [6.07, 6.45) is 0.702. The molecule has 2 rings (SSSR count). The minimum absolute atomic E-state index is 0.0273. The highest BCUT2D eigenvalue weighted by Crippen LogP contribution is 2.23. The highest BCUT2D eigenvalue weighted by molar-refractivity contribution is 5.76. The summed E-state index contributed by atoms with van der Waals surface area (Å²) in [5.41, 5.74) is 7.94. The minimum Gasteiger partial charge on any atom is -0.328 e. The maximum absolute atomic E-state index is 13.3. The van der Waals surface area contributed by atoms with Crippen molar-refractivity contribution in [3.63, 3.8) is 0 Å². The van der Waals surface area contributed by atoms with Gasteiger partial charge in [-0.25, -0.2) is 9.37 Å². The number of nitrogens with two attached hydrogens (primary N) is 1. The van der Waals surface area contributed by atoms with E-state index in [2.05, 4.69) is 25.8 Å². The smallest absolute Gasteiger partial charge is 0.125 e. The summed E-state index contributed by atoms with van der Waals surface area (Å²) in [5, 5.41) is 0. The van der Waals surface area contributed by atoms with Gasteiger partial charge in [0.05, 0.1) is 11.0 Å². The minimum atomic E-state index is -0.228. The van der Waals surface area contributed by atoms with Crippen LogP contribution in [0.2, 0.25) is 0 Å². The number of fused-ring (bicyclic) bond motifs is 1. The maximum Gasteiger partial charge on any atom is 0.125 e. The van der Waals surface area contributed by atoms with Crippen molar-refractivity contribution in [1.82, 2.24) is 9.55 Å². The lowest BCUT2D eigenvalue weighted by Gasteiger charge is -2.26. The Morgan fingerprint density at radius 2 is 2.05 bits per heavy atom. The van der Waals surface area contributed by atoms with Gasteiger partial charge in [0.2, 0.25) is 0 Å². The molecule has 1 aromatic heterocycles. The van der Waals surface area contributed by atoms with Crippen LogP contribution in [0.1, 0.15) is 33.5 Å². The van der Waals surface area contributed by atoms with Gasteiger partial charge in [-0.1, -0.05) is 20.8 Å². The van der Waals surface area contributed by atoms with Crippen LogP contribution < -0.4 is 5.73 Å². The number of hydrogen-bond acceptors (Lipinski definition) is 2. The Hall–Kier alpha value is -1.42. The van der Waals surface area contributed by atoms with Gasteiger partial charge in [0.15, 0.2) is 0 Å². The van der Waals surface area contributed by atoms with Crippen molar-refractivity contribution in [3.05, 3.63) is 29.8 Å². The fourth-order valence-corrected chi connectivity index (χ4v) is 2.16. The summed E-state index contributed by atoms with van der Waals surface area (Å²) in [6, 6.07) is 4.74. The fourth-order valence-electron chi connectivity index (χ4n) is 2.16. The first kappa shape index (κ1) is 14.0. The van der Waals surface area contributed by atoms with Gasteiger partial charge in [0, 0.05) is 19.0 Å². The molecule has 0 saturated carbocycles. The highest BCUT2D eigenvalue weighted by atomic mass is 19.1. The molecule has 19 heavy (non-hydrogen) atoms. The van der Waals surface area contributed by atoms with E-state index in [0.717, 1.165) is 23.4 Å². The standard InChI is InChI=1S/C15H22FN3/c1-5-19-12-8-10(16)6-7-11(12)18-14(19)9-13(17)15(2,3)4/h6-8,13H,5,9,17H2,1-4H3. The Balaban J connectivity index is 2.43. The third-order valence-electron chi connectivity index (χ3n) is 3.62. The Kier molecular flexibility index (Phi) is 3.63. The van der Waals surface area contributed by atoms with Gasteiger partial charge in [-0.15, -0.1) is 0 Å². The van der Waals surface area contributed by atoms with Crippen molar-refractivity contribution in [2.45, 2.75) is 46.7 Å². The molecule has 0 radical (unpaired) electrons. The molecule has 0 spiro atoms. The topological polar surface area (TPSA) is 43.8 Å². The maximum atomic E-state index is 13.3. The molecule has 3 nitrogen and oxygen atoms in total. The van der Waals surface area contributed by atoms with E-state index >= 15 is 0 Å². The number of aromatic nitrogens is 2. The average Bonchev–Trinajstić information content (AvgIpc) is 2.64. The molecule has 0 fully saturated rings. The molecule has 0 amide bonds.